The molecule has 0 saturated carbocycles. The van der Waals surface area contributed by atoms with Crippen molar-refractivity contribution >= 4 is 11.8 Å². The summed E-state index contributed by atoms with van der Waals surface area (Å²) in [6.45, 7) is 24.1. The highest BCUT2D eigenvalue weighted by atomic mass is 19.1. The summed E-state index contributed by atoms with van der Waals surface area (Å²) >= 11 is 0. The highest BCUT2D eigenvalue weighted by Crippen LogP contribution is 2.34. The lowest BCUT2D eigenvalue weighted by molar-refractivity contribution is 0.611. The van der Waals surface area contributed by atoms with Crippen molar-refractivity contribution in [1.29, 1.82) is 5.41 Å². The molecule has 0 radical (unpaired) electrons. The van der Waals surface area contributed by atoms with E-state index in [1.54, 1.807) is 0 Å². The number of rotatable bonds is 8. The SMILES string of the molecule is C=C(C)/C=C\c1c(C)c(F)c(C(=N)/C(C(C)=C(C)C)=C(C)\C(C)=C/C)c(CC)c1CC. The summed E-state index contributed by atoms with van der Waals surface area (Å²) in [6.07, 6.45) is 7.41. The van der Waals surface area contributed by atoms with Crippen LogP contribution in [0.25, 0.3) is 6.08 Å². The summed E-state index contributed by atoms with van der Waals surface area (Å²) in [4.78, 5) is 0. The quantitative estimate of drug-likeness (QED) is 0.320. The van der Waals surface area contributed by atoms with Crippen LogP contribution in [0, 0.1) is 18.2 Å². The lowest BCUT2D eigenvalue weighted by Crippen LogP contribution is -2.17. The highest BCUT2D eigenvalue weighted by molar-refractivity contribution is 6.15. The lowest BCUT2D eigenvalue weighted by atomic mass is 9.81. The maximum absolute atomic E-state index is 15.9. The minimum atomic E-state index is -0.287. The summed E-state index contributed by atoms with van der Waals surface area (Å²) in [6, 6.07) is 0. The second-order valence-corrected chi connectivity index (χ2v) is 8.54. The molecule has 0 aliphatic carbocycles. The number of halogens is 1. The van der Waals surface area contributed by atoms with Crippen LogP contribution >= 0.6 is 0 Å². The van der Waals surface area contributed by atoms with Crippen molar-refractivity contribution in [1.82, 2.24) is 0 Å². The molecular weight excluding hydrogens is 381 g/mol. The summed E-state index contributed by atoms with van der Waals surface area (Å²) in [5, 5.41) is 9.21. The normalized spacial score (nSPS) is 12.8. The predicted molar refractivity (Wildman–Crippen MR) is 137 cm³/mol. The van der Waals surface area contributed by atoms with Crippen molar-refractivity contribution in [2.75, 3.05) is 0 Å². The Morgan fingerprint density at radius 2 is 1.52 bits per heavy atom. The topological polar surface area (TPSA) is 23.9 Å². The van der Waals surface area contributed by atoms with Gasteiger partial charge < -0.3 is 0 Å². The second-order valence-electron chi connectivity index (χ2n) is 8.54. The zero-order chi connectivity index (χ0) is 24.0. The van der Waals surface area contributed by atoms with E-state index in [-0.39, 0.29) is 11.5 Å². The van der Waals surface area contributed by atoms with Crippen LogP contribution in [-0.4, -0.2) is 5.71 Å². The monoisotopic (exact) mass is 421 g/mol. The zero-order valence-corrected chi connectivity index (χ0v) is 21.2. The Kier molecular flexibility index (Phi) is 9.62. The van der Waals surface area contributed by atoms with Crippen molar-refractivity contribution in [3.8, 4) is 0 Å². The molecule has 0 amide bonds. The van der Waals surface area contributed by atoms with Gasteiger partial charge in [0.1, 0.15) is 5.82 Å². The fourth-order valence-electron chi connectivity index (χ4n) is 3.93. The minimum absolute atomic E-state index is 0.278. The maximum atomic E-state index is 15.9. The lowest BCUT2D eigenvalue weighted by Gasteiger charge is -2.23. The number of hydrogen-bond donors (Lipinski definition) is 1. The first-order valence-corrected chi connectivity index (χ1v) is 11.2. The van der Waals surface area contributed by atoms with Crippen LogP contribution in [0.4, 0.5) is 4.39 Å². The van der Waals surface area contributed by atoms with Gasteiger partial charge in [-0.3, -0.25) is 5.41 Å². The fourth-order valence-corrected chi connectivity index (χ4v) is 3.93. The molecule has 0 aromatic heterocycles. The summed E-state index contributed by atoms with van der Waals surface area (Å²) in [7, 11) is 0. The largest absolute Gasteiger partial charge is 0.300 e. The highest BCUT2D eigenvalue weighted by Gasteiger charge is 2.25. The molecule has 0 heterocycles. The average molecular weight is 422 g/mol. The van der Waals surface area contributed by atoms with E-state index >= 15 is 4.39 Å². The molecule has 0 aliphatic rings. The van der Waals surface area contributed by atoms with Crippen LogP contribution in [0.3, 0.4) is 0 Å². The number of benzene rings is 1. The standard InChI is InChI=1S/C29H40FN/c1-12-19(8)21(10)26(20(9)18(6)7)29(31)27-24(14-3)23(13-2)25(16-15-17(4)5)22(11)28(27)30/h12,15-16,31H,4,13-14H2,1-3,5-11H3/b16-15-,19-12-,26-21-,31-29?. The van der Waals surface area contributed by atoms with Gasteiger partial charge in [-0.15, -0.1) is 0 Å². The van der Waals surface area contributed by atoms with Gasteiger partial charge in [-0.2, -0.15) is 0 Å². The van der Waals surface area contributed by atoms with E-state index in [1.807, 2.05) is 80.5 Å². The zero-order valence-electron chi connectivity index (χ0n) is 21.2. The Morgan fingerprint density at radius 3 is 1.94 bits per heavy atom. The molecule has 0 fully saturated rings. The van der Waals surface area contributed by atoms with Crippen molar-refractivity contribution in [3.05, 3.63) is 85.8 Å². The van der Waals surface area contributed by atoms with Gasteiger partial charge in [-0.05, 0) is 102 Å². The molecule has 1 rings (SSSR count). The van der Waals surface area contributed by atoms with Crippen molar-refractivity contribution < 1.29 is 4.39 Å². The fraction of sp³-hybridized carbons (Fsp3) is 0.414. The van der Waals surface area contributed by atoms with E-state index in [0.717, 1.165) is 56.5 Å². The van der Waals surface area contributed by atoms with Crippen LogP contribution < -0.4 is 0 Å². The van der Waals surface area contributed by atoms with Gasteiger partial charge in [0.15, 0.2) is 0 Å². The molecule has 0 unspecified atom stereocenters. The molecule has 1 aromatic carbocycles. The molecule has 1 aromatic rings. The van der Waals surface area contributed by atoms with Crippen molar-refractivity contribution in [2.24, 2.45) is 0 Å². The molecule has 0 aliphatic heterocycles. The molecular formula is C29H40FN. The number of nitrogens with one attached hydrogen (secondary N) is 1. The van der Waals surface area contributed by atoms with Gasteiger partial charge in [0.05, 0.1) is 5.71 Å². The Labute approximate surface area is 189 Å². The molecule has 1 nitrogen and oxygen atoms in total. The average Bonchev–Trinajstić information content (AvgIpc) is 2.72. The Morgan fingerprint density at radius 1 is 0.968 bits per heavy atom. The first-order chi connectivity index (χ1) is 14.4. The summed E-state index contributed by atoms with van der Waals surface area (Å²) < 4.78 is 15.9. The molecule has 2 heteroatoms. The van der Waals surface area contributed by atoms with Crippen LogP contribution in [0.15, 0.2) is 52.2 Å². The van der Waals surface area contributed by atoms with E-state index in [4.69, 9.17) is 0 Å². The Bertz CT molecular complexity index is 1010. The molecule has 168 valence electrons. The number of allylic oxidation sites excluding steroid dienone is 8. The van der Waals surface area contributed by atoms with E-state index in [2.05, 4.69) is 13.5 Å². The van der Waals surface area contributed by atoms with Gasteiger partial charge in [0, 0.05) is 11.1 Å². The van der Waals surface area contributed by atoms with E-state index < -0.39 is 0 Å². The summed E-state index contributed by atoms with van der Waals surface area (Å²) in [5.41, 5.74) is 10.3. The molecule has 1 N–H and O–H groups in total. The number of hydrogen-bond acceptors (Lipinski definition) is 1. The Balaban J connectivity index is 4.09. The minimum Gasteiger partial charge on any atom is -0.300 e. The smallest absolute Gasteiger partial charge is 0.136 e. The first-order valence-electron chi connectivity index (χ1n) is 11.2. The van der Waals surface area contributed by atoms with Gasteiger partial charge in [0.2, 0.25) is 0 Å². The molecule has 0 bridgehead atoms. The molecule has 0 spiro atoms. The van der Waals surface area contributed by atoms with Crippen LogP contribution in [0.2, 0.25) is 0 Å². The Hall–Kier alpha value is -2.48. The van der Waals surface area contributed by atoms with Gasteiger partial charge in [-0.1, -0.05) is 55.4 Å². The molecule has 0 saturated heterocycles. The molecule has 31 heavy (non-hydrogen) atoms. The third-order valence-electron chi connectivity index (χ3n) is 6.21. The van der Waals surface area contributed by atoms with Gasteiger partial charge in [-0.25, -0.2) is 4.39 Å². The van der Waals surface area contributed by atoms with E-state index in [0.29, 0.717) is 17.5 Å². The third-order valence-corrected chi connectivity index (χ3v) is 6.21. The second kappa shape index (κ2) is 11.2. The van der Waals surface area contributed by atoms with Crippen molar-refractivity contribution in [3.63, 3.8) is 0 Å². The summed E-state index contributed by atoms with van der Waals surface area (Å²) in [5.74, 6) is -0.287. The molecule has 0 atom stereocenters. The van der Waals surface area contributed by atoms with Crippen LogP contribution in [0.1, 0.15) is 90.1 Å². The van der Waals surface area contributed by atoms with Gasteiger partial charge in [0.25, 0.3) is 0 Å². The van der Waals surface area contributed by atoms with Crippen molar-refractivity contribution in [2.45, 2.75) is 82.1 Å². The van der Waals surface area contributed by atoms with E-state index in [9.17, 15) is 5.41 Å². The predicted octanol–water partition coefficient (Wildman–Crippen LogP) is 8.86. The first kappa shape index (κ1) is 26.6. The van der Waals surface area contributed by atoms with E-state index in [1.165, 1.54) is 0 Å². The van der Waals surface area contributed by atoms with Gasteiger partial charge >= 0.3 is 0 Å². The van der Waals surface area contributed by atoms with Crippen LogP contribution in [-0.2, 0) is 12.8 Å². The third kappa shape index (κ3) is 5.61. The maximum Gasteiger partial charge on any atom is 0.136 e. The van der Waals surface area contributed by atoms with Crippen LogP contribution in [0.5, 0.6) is 0 Å².